The van der Waals surface area contributed by atoms with E-state index < -0.39 is 5.72 Å². The lowest BCUT2D eigenvalue weighted by molar-refractivity contribution is -0.0820. The number of rotatable bonds is 3. The first-order chi connectivity index (χ1) is 16.9. The van der Waals surface area contributed by atoms with Crippen LogP contribution < -0.4 is 15.3 Å². The fourth-order valence-corrected chi connectivity index (χ4v) is 5.49. The van der Waals surface area contributed by atoms with Crippen molar-refractivity contribution >= 4 is 22.4 Å². The van der Waals surface area contributed by atoms with Gasteiger partial charge in [0.15, 0.2) is 5.72 Å². The maximum atomic E-state index is 14.1. The molecule has 1 N–H and O–H groups in total. The molecule has 1 fully saturated rings. The number of piperidine rings is 1. The molecule has 6 nitrogen and oxygen atoms in total. The largest absolute Gasteiger partial charge is 0.469 e. The van der Waals surface area contributed by atoms with E-state index in [9.17, 15) is 13.6 Å². The Morgan fingerprint density at radius 3 is 2.46 bits per heavy atom. The number of H-pyrrole nitrogens is 1. The Bertz CT molecular complexity index is 1440. The van der Waals surface area contributed by atoms with Gasteiger partial charge >= 0.3 is 5.69 Å². The molecular weight excluding hydrogens is 450 g/mol. The highest BCUT2D eigenvalue weighted by molar-refractivity contribution is 5.75. The van der Waals surface area contributed by atoms with Gasteiger partial charge in [0, 0.05) is 30.9 Å². The summed E-state index contributed by atoms with van der Waals surface area (Å²) >= 11 is 0. The number of anilines is 2. The number of hydrogen-bond acceptors (Lipinski definition) is 4. The standard InChI is InChI=1S/C27H26F2N4O2/c1-27(31-14-12-21(13-15-31)33-23-5-3-2-4-22(23)30-26(33)34)17-32(20-9-6-18(28)7-10-20)24-11-8-19(29)16-25(24)35-27/h2-11,16,21H,12-15,17H2,1H3,(H,30,34). The van der Waals surface area contributed by atoms with Gasteiger partial charge in [-0.1, -0.05) is 12.1 Å². The summed E-state index contributed by atoms with van der Waals surface area (Å²) in [4.78, 5) is 19.9. The predicted molar refractivity (Wildman–Crippen MR) is 131 cm³/mol. The monoisotopic (exact) mass is 476 g/mol. The van der Waals surface area contributed by atoms with E-state index in [-0.39, 0.29) is 23.4 Å². The second-order valence-electron chi connectivity index (χ2n) is 9.49. The first-order valence-electron chi connectivity index (χ1n) is 11.9. The number of fused-ring (bicyclic) bond motifs is 2. The Hall–Kier alpha value is -3.65. The highest BCUT2D eigenvalue weighted by Gasteiger charge is 2.43. The van der Waals surface area contributed by atoms with E-state index in [1.165, 1.54) is 24.3 Å². The third kappa shape index (κ3) is 3.78. The number of imidazole rings is 1. The summed E-state index contributed by atoms with van der Waals surface area (Å²) in [5, 5.41) is 0. The van der Waals surface area contributed by atoms with Crippen LogP contribution in [-0.2, 0) is 0 Å². The van der Waals surface area contributed by atoms with Crippen molar-refractivity contribution in [3.63, 3.8) is 0 Å². The van der Waals surface area contributed by atoms with Gasteiger partial charge in [-0.05, 0) is 68.3 Å². The van der Waals surface area contributed by atoms with Crippen LogP contribution in [0.5, 0.6) is 5.75 Å². The minimum Gasteiger partial charge on any atom is -0.469 e. The van der Waals surface area contributed by atoms with Gasteiger partial charge in [0.25, 0.3) is 0 Å². The van der Waals surface area contributed by atoms with E-state index >= 15 is 0 Å². The number of aromatic amines is 1. The minimum atomic E-state index is -0.731. The van der Waals surface area contributed by atoms with Gasteiger partial charge in [-0.3, -0.25) is 9.47 Å². The van der Waals surface area contributed by atoms with Crippen LogP contribution in [0.25, 0.3) is 11.0 Å². The van der Waals surface area contributed by atoms with Crippen LogP contribution in [0.15, 0.2) is 71.5 Å². The van der Waals surface area contributed by atoms with E-state index in [2.05, 4.69) is 9.88 Å². The molecule has 2 aliphatic heterocycles. The summed E-state index contributed by atoms with van der Waals surface area (Å²) in [7, 11) is 0. The van der Waals surface area contributed by atoms with Gasteiger partial charge in [0.05, 0.1) is 23.3 Å². The third-order valence-electron chi connectivity index (χ3n) is 7.25. The summed E-state index contributed by atoms with van der Waals surface area (Å²) in [6.07, 6.45) is 1.57. The van der Waals surface area contributed by atoms with Crippen molar-refractivity contribution in [1.82, 2.24) is 14.5 Å². The van der Waals surface area contributed by atoms with Gasteiger partial charge in [-0.15, -0.1) is 0 Å². The Morgan fingerprint density at radius 2 is 1.69 bits per heavy atom. The maximum Gasteiger partial charge on any atom is 0.326 e. The molecule has 35 heavy (non-hydrogen) atoms. The fourth-order valence-electron chi connectivity index (χ4n) is 5.49. The summed E-state index contributed by atoms with van der Waals surface area (Å²) in [5.41, 5.74) is 2.51. The molecule has 180 valence electrons. The molecule has 0 amide bonds. The lowest BCUT2D eigenvalue weighted by atomic mass is 9.99. The second kappa shape index (κ2) is 8.23. The quantitative estimate of drug-likeness (QED) is 0.442. The predicted octanol–water partition coefficient (Wildman–Crippen LogP) is 5.19. The highest BCUT2D eigenvalue weighted by Crippen LogP contribution is 2.43. The van der Waals surface area contributed by atoms with E-state index in [0.29, 0.717) is 12.3 Å². The van der Waals surface area contributed by atoms with Crippen molar-refractivity contribution in [2.75, 3.05) is 24.5 Å². The Kier molecular flexibility index (Phi) is 5.14. The molecule has 8 heteroatoms. The Morgan fingerprint density at radius 1 is 0.971 bits per heavy atom. The number of halogens is 2. The topological polar surface area (TPSA) is 53.5 Å². The van der Waals surface area contributed by atoms with Crippen LogP contribution in [0, 0.1) is 11.6 Å². The number of nitrogens with zero attached hydrogens (tertiary/aromatic N) is 3. The molecule has 3 heterocycles. The lowest BCUT2D eigenvalue weighted by Crippen LogP contribution is -2.61. The van der Waals surface area contributed by atoms with E-state index in [0.717, 1.165) is 48.3 Å². The molecule has 0 saturated carbocycles. The summed E-state index contributed by atoms with van der Waals surface area (Å²) in [5.74, 6) is -0.221. The maximum absolute atomic E-state index is 14.1. The molecule has 4 aromatic rings. The summed E-state index contributed by atoms with van der Waals surface area (Å²) in [6, 6.07) is 18.6. The molecule has 2 aliphatic rings. The van der Waals surface area contributed by atoms with Crippen molar-refractivity contribution < 1.29 is 13.5 Å². The first-order valence-corrected chi connectivity index (χ1v) is 11.9. The molecule has 0 spiro atoms. The van der Waals surface area contributed by atoms with Gasteiger partial charge in [0.2, 0.25) is 0 Å². The Balaban J connectivity index is 1.28. The van der Waals surface area contributed by atoms with E-state index in [1.54, 1.807) is 18.2 Å². The number of benzene rings is 3. The molecule has 3 aromatic carbocycles. The summed E-state index contributed by atoms with van der Waals surface area (Å²) < 4.78 is 36.0. The molecule has 0 aliphatic carbocycles. The van der Waals surface area contributed by atoms with Crippen LogP contribution >= 0.6 is 0 Å². The number of aromatic nitrogens is 2. The van der Waals surface area contributed by atoms with E-state index in [1.807, 2.05) is 40.7 Å². The van der Waals surface area contributed by atoms with Crippen molar-refractivity contribution in [3.8, 4) is 5.75 Å². The second-order valence-corrected chi connectivity index (χ2v) is 9.49. The first kappa shape index (κ1) is 21.9. The number of para-hydroxylation sites is 2. The van der Waals surface area contributed by atoms with Crippen molar-refractivity contribution in [2.45, 2.75) is 31.5 Å². The van der Waals surface area contributed by atoms with Gasteiger partial charge in [-0.2, -0.15) is 0 Å². The molecular formula is C27H26F2N4O2. The Labute approximate surface area is 201 Å². The molecule has 0 radical (unpaired) electrons. The number of likely N-dealkylation sites (tertiary alicyclic amines) is 1. The van der Waals surface area contributed by atoms with Gasteiger partial charge in [0.1, 0.15) is 17.4 Å². The smallest absolute Gasteiger partial charge is 0.326 e. The lowest BCUT2D eigenvalue weighted by Gasteiger charge is -2.50. The molecule has 1 aromatic heterocycles. The van der Waals surface area contributed by atoms with Crippen LogP contribution in [-0.4, -0.2) is 39.8 Å². The van der Waals surface area contributed by atoms with Crippen LogP contribution in [0.2, 0.25) is 0 Å². The SMILES string of the molecule is CC1(N2CCC(n3c(=O)[nH]c4ccccc43)CC2)CN(c2ccc(F)cc2)c2ccc(F)cc2O1. The molecule has 1 saturated heterocycles. The van der Waals surface area contributed by atoms with Gasteiger partial charge < -0.3 is 14.6 Å². The fraction of sp³-hybridized carbons (Fsp3) is 0.296. The molecule has 1 atom stereocenters. The zero-order chi connectivity index (χ0) is 24.2. The van der Waals surface area contributed by atoms with Gasteiger partial charge in [-0.25, -0.2) is 13.6 Å². The zero-order valence-corrected chi connectivity index (χ0v) is 19.4. The average Bonchev–Trinajstić information content (AvgIpc) is 3.19. The number of nitrogens with one attached hydrogen (secondary N) is 1. The molecule has 6 rings (SSSR count). The zero-order valence-electron chi connectivity index (χ0n) is 19.4. The average molecular weight is 477 g/mol. The minimum absolute atomic E-state index is 0.0834. The van der Waals surface area contributed by atoms with Crippen LogP contribution in [0.4, 0.5) is 20.2 Å². The molecule has 1 unspecified atom stereocenters. The third-order valence-corrected chi connectivity index (χ3v) is 7.25. The number of ether oxygens (including phenoxy) is 1. The number of hydrogen-bond donors (Lipinski definition) is 1. The van der Waals surface area contributed by atoms with Crippen molar-refractivity contribution in [1.29, 1.82) is 0 Å². The van der Waals surface area contributed by atoms with Crippen LogP contribution in [0.1, 0.15) is 25.8 Å². The van der Waals surface area contributed by atoms with Crippen LogP contribution in [0.3, 0.4) is 0 Å². The normalized spacial score (nSPS) is 21.2. The molecule has 0 bridgehead atoms. The summed E-state index contributed by atoms with van der Waals surface area (Å²) in [6.45, 7) is 3.94. The van der Waals surface area contributed by atoms with E-state index in [4.69, 9.17) is 4.74 Å². The highest BCUT2D eigenvalue weighted by atomic mass is 19.1. The van der Waals surface area contributed by atoms with Crippen molar-refractivity contribution in [2.24, 2.45) is 0 Å². The van der Waals surface area contributed by atoms with Crippen molar-refractivity contribution in [3.05, 3.63) is 88.8 Å².